The molecule has 2 aromatic carbocycles. The summed E-state index contributed by atoms with van der Waals surface area (Å²) in [6.07, 6.45) is 6.79. The van der Waals surface area contributed by atoms with Gasteiger partial charge in [-0.1, -0.05) is 31.5 Å². The van der Waals surface area contributed by atoms with Gasteiger partial charge in [0.15, 0.2) is 0 Å². The van der Waals surface area contributed by atoms with Crippen molar-refractivity contribution in [3.8, 4) is 11.5 Å². The Kier molecular flexibility index (Phi) is 6.91. The van der Waals surface area contributed by atoms with Gasteiger partial charge in [-0.3, -0.25) is 0 Å². The van der Waals surface area contributed by atoms with Crippen LogP contribution in [0, 0.1) is 6.92 Å². The monoisotopic (exact) mass is 460 g/mol. The van der Waals surface area contributed by atoms with Crippen LogP contribution in [0.1, 0.15) is 56.7 Å². The maximum absolute atomic E-state index is 6.26. The molecule has 5 nitrogen and oxygen atoms in total. The first-order chi connectivity index (χ1) is 16.7. The zero-order valence-electron chi connectivity index (χ0n) is 20.5. The lowest BCUT2D eigenvalue weighted by atomic mass is 9.88. The van der Waals surface area contributed by atoms with E-state index < -0.39 is 0 Å². The first-order valence-electron chi connectivity index (χ1n) is 12.8. The molecule has 1 spiro atoms. The van der Waals surface area contributed by atoms with Crippen molar-refractivity contribution in [1.29, 1.82) is 0 Å². The van der Waals surface area contributed by atoms with Crippen LogP contribution in [0.15, 0.2) is 48.5 Å². The van der Waals surface area contributed by atoms with Crippen LogP contribution < -0.4 is 14.4 Å². The molecule has 0 amide bonds. The molecule has 0 N–H and O–H groups in total. The topological polar surface area (TPSA) is 43.8 Å². The summed E-state index contributed by atoms with van der Waals surface area (Å²) in [5.41, 5.74) is 4.29. The molecular formula is C29H36N2O3. The molecule has 2 fully saturated rings. The maximum Gasteiger partial charge on any atom is 0.133 e. The molecule has 0 aliphatic carbocycles. The number of anilines is 1. The third kappa shape index (κ3) is 4.85. The lowest BCUT2D eigenvalue weighted by molar-refractivity contribution is -0.0146. The zero-order valence-corrected chi connectivity index (χ0v) is 20.5. The van der Waals surface area contributed by atoms with Crippen molar-refractivity contribution in [1.82, 2.24) is 4.98 Å². The minimum absolute atomic E-state index is 0.140. The number of para-hydroxylation sites is 1. The molecule has 0 atom stereocenters. The fourth-order valence-electron chi connectivity index (χ4n) is 5.21. The van der Waals surface area contributed by atoms with Crippen LogP contribution >= 0.6 is 0 Å². The van der Waals surface area contributed by atoms with E-state index in [0.29, 0.717) is 6.61 Å². The van der Waals surface area contributed by atoms with E-state index in [1.54, 1.807) is 0 Å². The number of hydrogen-bond acceptors (Lipinski definition) is 5. The number of piperidine rings is 1. The first-order valence-corrected chi connectivity index (χ1v) is 12.8. The smallest absolute Gasteiger partial charge is 0.133 e. The fourth-order valence-corrected chi connectivity index (χ4v) is 5.21. The van der Waals surface area contributed by atoms with E-state index in [1.165, 1.54) is 18.5 Å². The van der Waals surface area contributed by atoms with Crippen molar-refractivity contribution in [2.24, 2.45) is 0 Å². The van der Waals surface area contributed by atoms with Gasteiger partial charge < -0.3 is 19.1 Å². The van der Waals surface area contributed by atoms with E-state index in [4.69, 9.17) is 19.2 Å². The molecule has 0 radical (unpaired) electrons. The Labute approximate surface area is 203 Å². The summed E-state index contributed by atoms with van der Waals surface area (Å²) in [6.45, 7) is 8.40. The van der Waals surface area contributed by atoms with Gasteiger partial charge in [-0.15, -0.1) is 0 Å². The second-order valence-electron chi connectivity index (χ2n) is 9.64. The van der Waals surface area contributed by atoms with Gasteiger partial charge in [-0.2, -0.15) is 0 Å². The van der Waals surface area contributed by atoms with Crippen molar-refractivity contribution in [3.63, 3.8) is 0 Å². The van der Waals surface area contributed by atoms with Crippen LogP contribution in [-0.2, 0) is 11.3 Å². The van der Waals surface area contributed by atoms with Crippen molar-refractivity contribution in [2.75, 3.05) is 31.2 Å². The molecule has 1 aromatic heterocycles. The van der Waals surface area contributed by atoms with Gasteiger partial charge in [0, 0.05) is 42.4 Å². The average molecular weight is 461 g/mol. The Morgan fingerprint density at radius 2 is 1.88 bits per heavy atom. The van der Waals surface area contributed by atoms with Crippen molar-refractivity contribution >= 4 is 16.6 Å². The molecule has 2 aliphatic rings. The van der Waals surface area contributed by atoms with Gasteiger partial charge >= 0.3 is 0 Å². The zero-order chi connectivity index (χ0) is 23.4. The molecule has 0 unspecified atom stereocenters. The van der Waals surface area contributed by atoms with Crippen LogP contribution in [0.3, 0.4) is 0 Å². The minimum Gasteiger partial charge on any atom is -0.493 e. The second-order valence-corrected chi connectivity index (χ2v) is 9.64. The molecule has 3 aromatic rings. The Hall–Kier alpha value is -2.79. The summed E-state index contributed by atoms with van der Waals surface area (Å²) in [5.74, 6) is 1.81. The Bertz CT molecular complexity index is 1110. The van der Waals surface area contributed by atoms with Crippen molar-refractivity contribution in [2.45, 2.75) is 64.6 Å². The van der Waals surface area contributed by atoms with Gasteiger partial charge in [0.2, 0.25) is 0 Å². The van der Waals surface area contributed by atoms with E-state index in [2.05, 4.69) is 43.0 Å². The Balaban J connectivity index is 1.29. The average Bonchev–Trinajstić information content (AvgIpc) is 3.33. The minimum atomic E-state index is 0.140. The van der Waals surface area contributed by atoms with Gasteiger partial charge in [0.25, 0.3) is 0 Å². The number of pyridine rings is 1. The molecular weight excluding hydrogens is 424 g/mol. The molecule has 3 heterocycles. The number of unbranched alkanes of at least 4 members (excludes halogenated alkanes) is 1. The molecule has 2 aliphatic heterocycles. The molecule has 180 valence electrons. The van der Waals surface area contributed by atoms with Crippen LogP contribution in [0.2, 0.25) is 0 Å². The maximum atomic E-state index is 6.26. The third-order valence-corrected chi connectivity index (χ3v) is 7.34. The summed E-state index contributed by atoms with van der Waals surface area (Å²) < 4.78 is 18.6. The second kappa shape index (κ2) is 10.2. The lowest BCUT2D eigenvalue weighted by Gasteiger charge is -2.39. The Morgan fingerprint density at radius 1 is 1.03 bits per heavy atom. The van der Waals surface area contributed by atoms with Crippen molar-refractivity contribution < 1.29 is 14.2 Å². The number of aromatic nitrogens is 1. The van der Waals surface area contributed by atoms with Gasteiger partial charge in [0.05, 0.1) is 23.4 Å². The normalized spacial score (nSPS) is 17.4. The summed E-state index contributed by atoms with van der Waals surface area (Å²) in [7, 11) is 0. The first kappa shape index (κ1) is 23.0. The highest BCUT2D eigenvalue weighted by atomic mass is 16.5. The largest absolute Gasteiger partial charge is 0.493 e. The number of hydrogen-bond donors (Lipinski definition) is 0. The molecule has 5 heteroatoms. The standard InChI is InChI=1S/C29H36N2O3/c1-3-4-18-32-28-22(2)27(30-26-12-6-5-11-25(26)28)21-33-24-10-7-9-23(20-24)31-16-14-29(15-17-31)13-8-19-34-29/h5-7,9-12,20H,3-4,8,13-19,21H2,1-2H3. The number of ether oxygens (including phenoxy) is 3. The Morgan fingerprint density at radius 3 is 2.68 bits per heavy atom. The predicted octanol–water partition coefficient (Wildman–Crippen LogP) is 6.45. The van der Waals surface area contributed by atoms with E-state index in [9.17, 15) is 0 Å². The van der Waals surface area contributed by atoms with Crippen LogP contribution in [0.25, 0.3) is 10.9 Å². The highest BCUT2D eigenvalue weighted by molar-refractivity contribution is 5.86. The molecule has 0 saturated carbocycles. The van der Waals surface area contributed by atoms with Gasteiger partial charge in [-0.25, -0.2) is 4.98 Å². The van der Waals surface area contributed by atoms with Crippen molar-refractivity contribution in [3.05, 3.63) is 59.8 Å². The molecule has 0 bridgehead atoms. The van der Waals surface area contributed by atoms with E-state index in [-0.39, 0.29) is 5.60 Å². The molecule has 2 saturated heterocycles. The summed E-state index contributed by atoms with van der Waals surface area (Å²) in [5, 5.41) is 1.07. The van der Waals surface area contributed by atoms with Gasteiger partial charge in [0.1, 0.15) is 18.1 Å². The summed E-state index contributed by atoms with van der Waals surface area (Å²) in [6, 6.07) is 16.6. The van der Waals surface area contributed by atoms with Crippen LogP contribution in [0.5, 0.6) is 11.5 Å². The summed E-state index contributed by atoms with van der Waals surface area (Å²) in [4.78, 5) is 7.36. The quantitative estimate of drug-likeness (QED) is 0.361. The lowest BCUT2D eigenvalue weighted by Crippen LogP contribution is -2.44. The number of nitrogens with zero attached hydrogens (tertiary/aromatic N) is 2. The molecule has 5 rings (SSSR count). The number of fused-ring (bicyclic) bond motifs is 1. The molecule has 34 heavy (non-hydrogen) atoms. The van der Waals surface area contributed by atoms with Crippen LogP contribution in [0.4, 0.5) is 5.69 Å². The van der Waals surface area contributed by atoms with E-state index in [0.717, 1.165) is 85.6 Å². The summed E-state index contributed by atoms with van der Waals surface area (Å²) >= 11 is 0. The van der Waals surface area contributed by atoms with Gasteiger partial charge in [-0.05, 0) is 63.3 Å². The van der Waals surface area contributed by atoms with E-state index >= 15 is 0 Å². The predicted molar refractivity (Wildman–Crippen MR) is 137 cm³/mol. The SMILES string of the molecule is CCCCOc1c(C)c(COc2cccc(N3CCC4(CCCO4)CC3)c2)nc2ccccc12. The fraction of sp³-hybridized carbons (Fsp3) is 0.483. The number of benzene rings is 2. The number of rotatable bonds is 8. The highest BCUT2D eigenvalue weighted by Crippen LogP contribution is 2.37. The third-order valence-electron chi connectivity index (χ3n) is 7.34. The van der Waals surface area contributed by atoms with E-state index in [1.807, 2.05) is 24.3 Å². The highest BCUT2D eigenvalue weighted by Gasteiger charge is 2.38. The van der Waals surface area contributed by atoms with Crippen LogP contribution in [-0.4, -0.2) is 36.9 Å².